The molecule has 1 aromatic rings. The number of aryl methyl sites for hydroxylation is 2. The number of hydrogen-bond acceptors (Lipinski definition) is 4. The molecule has 16 heavy (non-hydrogen) atoms. The van der Waals surface area contributed by atoms with Crippen LogP contribution in [0.5, 0.6) is 5.75 Å². The lowest BCUT2D eigenvalue weighted by Gasteiger charge is -2.11. The Labute approximate surface area is 93.8 Å². The first-order valence-corrected chi connectivity index (χ1v) is 4.98. The van der Waals surface area contributed by atoms with Gasteiger partial charge in [0.05, 0.1) is 11.0 Å². The Hall–Kier alpha value is -1.62. The summed E-state index contributed by atoms with van der Waals surface area (Å²) in [5.41, 5.74) is 1.33. The molecule has 5 nitrogen and oxygen atoms in total. The summed E-state index contributed by atoms with van der Waals surface area (Å²) < 4.78 is 5.34. The van der Waals surface area contributed by atoms with E-state index in [2.05, 4.69) is 0 Å². The average Bonchev–Trinajstić information content (AvgIpc) is 2.18. The van der Waals surface area contributed by atoms with Crippen LogP contribution in [-0.4, -0.2) is 22.7 Å². The van der Waals surface area contributed by atoms with Gasteiger partial charge in [0.25, 0.3) is 5.69 Å². The fourth-order valence-corrected chi connectivity index (χ4v) is 1.34. The first-order valence-electron chi connectivity index (χ1n) is 4.98. The molecule has 1 aromatic carbocycles. The third-order valence-electron chi connectivity index (χ3n) is 2.17. The van der Waals surface area contributed by atoms with E-state index in [1.165, 1.54) is 6.07 Å². The van der Waals surface area contributed by atoms with Crippen LogP contribution in [0.4, 0.5) is 5.69 Å². The highest BCUT2D eigenvalue weighted by Gasteiger charge is 2.14. The molecule has 5 heteroatoms. The molecule has 1 atom stereocenters. The van der Waals surface area contributed by atoms with Gasteiger partial charge in [-0.25, -0.2) is 0 Å². The summed E-state index contributed by atoms with van der Waals surface area (Å²) in [5, 5.41) is 19.8. The second kappa shape index (κ2) is 4.94. The number of nitro benzene ring substituents is 1. The molecule has 0 saturated carbocycles. The molecule has 0 amide bonds. The standard InChI is InChI=1S/C11H15NO4/c1-7-5-11(16-6-9(3)13)8(2)4-10(7)12(14)15/h4-5,9,13H,6H2,1-3H3/t9-/m1/s1. The lowest BCUT2D eigenvalue weighted by Crippen LogP contribution is -2.13. The van der Waals surface area contributed by atoms with Gasteiger partial charge in [0, 0.05) is 11.6 Å². The first kappa shape index (κ1) is 12.4. The van der Waals surface area contributed by atoms with Crippen molar-refractivity contribution in [2.75, 3.05) is 6.61 Å². The van der Waals surface area contributed by atoms with E-state index < -0.39 is 11.0 Å². The van der Waals surface area contributed by atoms with Crippen LogP contribution >= 0.6 is 0 Å². The minimum absolute atomic E-state index is 0.0851. The molecular formula is C11H15NO4. The predicted molar refractivity (Wildman–Crippen MR) is 59.7 cm³/mol. The highest BCUT2D eigenvalue weighted by atomic mass is 16.6. The number of aliphatic hydroxyl groups is 1. The summed E-state index contributed by atoms with van der Waals surface area (Å²) in [6, 6.07) is 3.10. The van der Waals surface area contributed by atoms with Crippen molar-refractivity contribution in [1.29, 1.82) is 0 Å². The molecule has 0 unspecified atom stereocenters. The Bertz CT molecular complexity index is 401. The number of nitrogens with zero attached hydrogens (tertiary/aromatic N) is 1. The Kier molecular flexibility index (Phi) is 3.84. The highest BCUT2D eigenvalue weighted by molar-refractivity contribution is 5.49. The Morgan fingerprint density at radius 1 is 1.44 bits per heavy atom. The third kappa shape index (κ3) is 2.93. The molecular weight excluding hydrogens is 210 g/mol. The topological polar surface area (TPSA) is 72.6 Å². The first-order chi connectivity index (χ1) is 7.41. The van der Waals surface area contributed by atoms with Gasteiger partial charge in [0.15, 0.2) is 0 Å². The SMILES string of the molecule is Cc1cc([N+](=O)[O-])c(C)cc1OC[C@@H](C)O. The van der Waals surface area contributed by atoms with Gasteiger partial charge < -0.3 is 9.84 Å². The number of ether oxygens (including phenoxy) is 1. The fourth-order valence-electron chi connectivity index (χ4n) is 1.34. The lowest BCUT2D eigenvalue weighted by molar-refractivity contribution is -0.385. The maximum Gasteiger partial charge on any atom is 0.272 e. The van der Waals surface area contributed by atoms with E-state index in [0.717, 1.165) is 0 Å². The summed E-state index contributed by atoms with van der Waals surface area (Å²) in [4.78, 5) is 10.3. The molecule has 1 N–H and O–H groups in total. The van der Waals surface area contributed by atoms with Crippen molar-refractivity contribution in [2.45, 2.75) is 26.9 Å². The van der Waals surface area contributed by atoms with Crippen LogP contribution in [0, 0.1) is 24.0 Å². The summed E-state index contributed by atoms with van der Waals surface area (Å²) in [7, 11) is 0. The zero-order chi connectivity index (χ0) is 12.3. The molecule has 88 valence electrons. The van der Waals surface area contributed by atoms with Crippen molar-refractivity contribution in [3.05, 3.63) is 33.4 Å². The van der Waals surface area contributed by atoms with E-state index in [1.54, 1.807) is 26.8 Å². The second-order valence-corrected chi connectivity index (χ2v) is 3.82. The second-order valence-electron chi connectivity index (χ2n) is 3.82. The maximum atomic E-state index is 10.7. The van der Waals surface area contributed by atoms with Gasteiger partial charge in [-0.05, 0) is 32.4 Å². The quantitative estimate of drug-likeness (QED) is 0.628. The summed E-state index contributed by atoms with van der Waals surface area (Å²) >= 11 is 0. The number of rotatable bonds is 4. The van der Waals surface area contributed by atoms with Crippen LogP contribution in [-0.2, 0) is 0 Å². The minimum atomic E-state index is -0.560. The normalized spacial score (nSPS) is 12.2. The van der Waals surface area contributed by atoms with E-state index in [0.29, 0.717) is 16.9 Å². The van der Waals surface area contributed by atoms with Gasteiger partial charge in [-0.1, -0.05) is 0 Å². The highest BCUT2D eigenvalue weighted by Crippen LogP contribution is 2.27. The maximum absolute atomic E-state index is 10.7. The average molecular weight is 225 g/mol. The van der Waals surface area contributed by atoms with Gasteiger partial charge in [-0.3, -0.25) is 10.1 Å². The Morgan fingerprint density at radius 2 is 2.06 bits per heavy atom. The number of aliphatic hydroxyl groups excluding tert-OH is 1. The molecule has 0 aliphatic rings. The number of hydrogen-bond donors (Lipinski definition) is 1. The molecule has 0 aromatic heterocycles. The van der Waals surface area contributed by atoms with E-state index >= 15 is 0 Å². The molecule has 0 aliphatic heterocycles. The minimum Gasteiger partial charge on any atom is -0.491 e. The van der Waals surface area contributed by atoms with Crippen LogP contribution in [0.1, 0.15) is 18.1 Å². The molecule has 0 fully saturated rings. The number of nitro groups is 1. The van der Waals surface area contributed by atoms with Gasteiger partial charge in [-0.2, -0.15) is 0 Å². The van der Waals surface area contributed by atoms with Crippen LogP contribution in [0.25, 0.3) is 0 Å². The summed E-state index contributed by atoms with van der Waals surface area (Å²) in [6.45, 7) is 5.20. The molecule has 0 spiro atoms. The van der Waals surface area contributed by atoms with E-state index in [4.69, 9.17) is 9.84 Å². The van der Waals surface area contributed by atoms with Crippen LogP contribution in [0.15, 0.2) is 12.1 Å². The van der Waals surface area contributed by atoms with Crippen molar-refractivity contribution in [3.8, 4) is 5.75 Å². The molecule has 0 saturated heterocycles. The zero-order valence-electron chi connectivity index (χ0n) is 9.56. The largest absolute Gasteiger partial charge is 0.491 e. The van der Waals surface area contributed by atoms with Gasteiger partial charge in [0.1, 0.15) is 12.4 Å². The van der Waals surface area contributed by atoms with Crippen molar-refractivity contribution < 1.29 is 14.8 Å². The van der Waals surface area contributed by atoms with E-state index in [9.17, 15) is 10.1 Å². The zero-order valence-corrected chi connectivity index (χ0v) is 9.56. The van der Waals surface area contributed by atoms with Crippen LogP contribution in [0.3, 0.4) is 0 Å². The molecule has 0 aliphatic carbocycles. The summed E-state index contributed by atoms with van der Waals surface area (Å²) in [5.74, 6) is 0.573. The third-order valence-corrected chi connectivity index (χ3v) is 2.17. The Morgan fingerprint density at radius 3 is 2.56 bits per heavy atom. The van der Waals surface area contributed by atoms with Crippen molar-refractivity contribution in [3.63, 3.8) is 0 Å². The summed E-state index contributed by atoms with van der Waals surface area (Å²) in [6.07, 6.45) is -0.560. The molecule has 0 bridgehead atoms. The van der Waals surface area contributed by atoms with Crippen LogP contribution < -0.4 is 4.74 Å². The van der Waals surface area contributed by atoms with Gasteiger partial charge in [0.2, 0.25) is 0 Å². The van der Waals surface area contributed by atoms with Crippen molar-refractivity contribution in [1.82, 2.24) is 0 Å². The smallest absolute Gasteiger partial charge is 0.272 e. The van der Waals surface area contributed by atoms with Crippen LogP contribution in [0.2, 0.25) is 0 Å². The predicted octanol–water partition coefficient (Wildman–Crippen LogP) is 1.97. The molecule has 1 rings (SSSR count). The van der Waals surface area contributed by atoms with E-state index in [-0.39, 0.29) is 12.3 Å². The van der Waals surface area contributed by atoms with Gasteiger partial charge >= 0.3 is 0 Å². The van der Waals surface area contributed by atoms with Crippen molar-refractivity contribution in [2.24, 2.45) is 0 Å². The van der Waals surface area contributed by atoms with Crippen molar-refractivity contribution >= 4 is 5.69 Å². The Balaban J connectivity index is 2.96. The number of benzene rings is 1. The fraction of sp³-hybridized carbons (Fsp3) is 0.455. The van der Waals surface area contributed by atoms with E-state index in [1.807, 2.05) is 0 Å². The molecule has 0 heterocycles. The lowest BCUT2D eigenvalue weighted by atomic mass is 10.1. The van der Waals surface area contributed by atoms with Gasteiger partial charge in [-0.15, -0.1) is 0 Å². The molecule has 0 radical (unpaired) electrons. The monoisotopic (exact) mass is 225 g/mol.